The molecule has 0 bridgehead atoms. The van der Waals surface area contributed by atoms with Gasteiger partial charge in [0, 0.05) is 6.54 Å². The number of carbonyl (C=O) groups is 1. The van der Waals surface area contributed by atoms with Crippen LogP contribution < -0.4 is 10.1 Å². The summed E-state index contributed by atoms with van der Waals surface area (Å²) in [5, 5.41) is 3.91. The van der Waals surface area contributed by atoms with Crippen molar-refractivity contribution in [2.75, 3.05) is 19.5 Å². The summed E-state index contributed by atoms with van der Waals surface area (Å²) in [5.74, 6) is 0.499. The highest BCUT2D eigenvalue weighted by Crippen LogP contribution is 2.27. The van der Waals surface area contributed by atoms with Crippen molar-refractivity contribution in [1.82, 2.24) is 4.90 Å². The Kier molecular flexibility index (Phi) is 6.49. The number of methoxy groups -OCH3 is 1. The summed E-state index contributed by atoms with van der Waals surface area (Å²) in [6.45, 7) is 2.35. The number of anilines is 1. The molecule has 0 heterocycles. The largest absolute Gasteiger partial charge is 0.495 e. The zero-order valence-corrected chi connectivity index (χ0v) is 15.4. The van der Waals surface area contributed by atoms with E-state index in [1.165, 1.54) is 0 Å². The van der Waals surface area contributed by atoms with E-state index in [1.54, 1.807) is 25.3 Å². The molecule has 1 unspecified atom stereocenters. The molecule has 0 fully saturated rings. The van der Waals surface area contributed by atoms with Gasteiger partial charge in [-0.05, 0) is 37.7 Å². The number of hydrogen-bond donors (Lipinski definition) is 1. The van der Waals surface area contributed by atoms with Crippen LogP contribution in [-0.2, 0) is 11.3 Å². The lowest BCUT2D eigenvalue weighted by atomic mass is 10.1. The van der Waals surface area contributed by atoms with Gasteiger partial charge in [-0.25, -0.2) is 0 Å². The van der Waals surface area contributed by atoms with Crippen molar-refractivity contribution in [3.63, 3.8) is 0 Å². The van der Waals surface area contributed by atoms with Crippen LogP contribution in [0.3, 0.4) is 0 Å². The Morgan fingerprint density at radius 2 is 1.92 bits per heavy atom. The molecule has 0 aliphatic rings. The van der Waals surface area contributed by atoms with Crippen LogP contribution in [0.4, 0.5) is 5.69 Å². The highest BCUT2D eigenvalue weighted by atomic mass is 35.5. The first-order valence-electron chi connectivity index (χ1n) is 7.51. The number of ether oxygens (including phenoxy) is 1. The molecular formula is C18H20Cl2N2O2. The number of carbonyl (C=O) groups excluding carboxylic acids is 1. The van der Waals surface area contributed by atoms with Crippen LogP contribution in [0.25, 0.3) is 0 Å². The number of rotatable bonds is 6. The van der Waals surface area contributed by atoms with E-state index >= 15 is 0 Å². The van der Waals surface area contributed by atoms with Gasteiger partial charge in [0.05, 0.1) is 28.9 Å². The van der Waals surface area contributed by atoms with Crippen LogP contribution in [0.15, 0.2) is 42.5 Å². The van der Waals surface area contributed by atoms with Gasteiger partial charge >= 0.3 is 0 Å². The fourth-order valence-corrected chi connectivity index (χ4v) is 2.64. The molecule has 0 saturated carbocycles. The van der Waals surface area contributed by atoms with Crippen molar-refractivity contribution in [2.45, 2.75) is 19.5 Å². The molecule has 2 rings (SSSR count). The summed E-state index contributed by atoms with van der Waals surface area (Å²) in [6.07, 6.45) is 0. The minimum Gasteiger partial charge on any atom is -0.495 e. The average molecular weight is 367 g/mol. The highest BCUT2D eigenvalue weighted by Gasteiger charge is 2.20. The average Bonchev–Trinajstić information content (AvgIpc) is 2.58. The minimum atomic E-state index is -0.357. The van der Waals surface area contributed by atoms with Crippen molar-refractivity contribution in [3.8, 4) is 5.75 Å². The second kappa shape index (κ2) is 8.38. The molecule has 128 valence electrons. The third-order valence-electron chi connectivity index (χ3n) is 3.86. The van der Waals surface area contributed by atoms with Crippen LogP contribution in [0.1, 0.15) is 12.5 Å². The Bertz CT molecular complexity index is 722. The maximum absolute atomic E-state index is 12.5. The van der Waals surface area contributed by atoms with Crippen LogP contribution in [0.5, 0.6) is 5.75 Å². The molecular weight excluding hydrogens is 347 g/mol. The van der Waals surface area contributed by atoms with Crippen molar-refractivity contribution in [2.24, 2.45) is 0 Å². The fraction of sp³-hybridized carbons (Fsp3) is 0.278. The predicted molar refractivity (Wildman–Crippen MR) is 99.0 cm³/mol. The third-order valence-corrected chi connectivity index (χ3v) is 4.71. The predicted octanol–water partition coefficient (Wildman–Crippen LogP) is 4.46. The molecule has 2 aromatic carbocycles. The van der Waals surface area contributed by atoms with Crippen LogP contribution >= 0.6 is 23.2 Å². The minimum absolute atomic E-state index is 0.125. The van der Waals surface area contributed by atoms with Crippen molar-refractivity contribution >= 4 is 34.8 Å². The number of nitrogens with zero attached hydrogens (tertiary/aromatic N) is 1. The summed E-state index contributed by atoms with van der Waals surface area (Å²) in [7, 11) is 3.44. The number of likely N-dealkylation sites (N-methyl/N-ethyl adjacent to an activating group) is 1. The summed E-state index contributed by atoms with van der Waals surface area (Å²) in [4.78, 5) is 14.4. The van der Waals surface area contributed by atoms with Crippen molar-refractivity contribution in [1.29, 1.82) is 0 Å². The Morgan fingerprint density at radius 3 is 2.62 bits per heavy atom. The molecule has 1 N–H and O–H groups in total. The standard InChI is InChI=1S/C18H20Cl2N2O2/c1-12(18(23)21-15-9-4-5-10-16(15)24-3)22(2)11-13-7-6-8-14(19)17(13)20/h4-10,12H,11H2,1-3H3,(H,21,23). The van der Waals surface area contributed by atoms with E-state index in [9.17, 15) is 4.79 Å². The van der Waals surface area contributed by atoms with E-state index in [1.807, 2.05) is 43.1 Å². The van der Waals surface area contributed by atoms with Gasteiger partial charge in [-0.3, -0.25) is 9.69 Å². The molecule has 2 aromatic rings. The zero-order chi connectivity index (χ0) is 17.7. The molecule has 0 spiro atoms. The molecule has 6 heteroatoms. The lowest BCUT2D eigenvalue weighted by molar-refractivity contribution is -0.120. The van der Waals surface area contributed by atoms with E-state index in [0.29, 0.717) is 28.0 Å². The van der Waals surface area contributed by atoms with Crippen LogP contribution in [0, 0.1) is 0 Å². The molecule has 1 amide bonds. The Hall–Kier alpha value is -1.75. The van der Waals surface area contributed by atoms with Gasteiger partial charge in [0.1, 0.15) is 5.75 Å². The van der Waals surface area contributed by atoms with Crippen molar-refractivity contribution < 1.29 is 9.53 Å². The lowest BCUT2D eigenvalue weighted by Crippen LogP contribution is -2.39. The van der Waals surface area contributed by atoms with E-state index in [0.717, 1.165) is 5.56 Å². The lowest BCUT2D eigenvalue weighted by Gasteiger charge is -2.24. The molecule has 0 aromatic heterocycles. The van der Waals surface area contributed by atoms with Gasteiger partial charge in [-0.2, -0.15) is 0 Å². The van der Waals surface area contributed by atoms with E-state index in [4.69, 9.17) is 27.9 Å². The van der Waals surface area contributed by atoms with Gasteiger partial charge in [0.2, 0.25) is 5.91 Å². The van der Waals surface area contributed by atoms with Gasteiger partial charge in [-0.15, -0.1) is 0 Å². The van der Waals surface area contributed by atoms with Gasteiger partial charge in [0.15, 0.2) is 0 Å². The quantitative estimate of drug-likeness (QED) is 0.820. The summed E-state index contributed by atoms with van der Waals surface area (Å²) < 4.78 is 5.25. The molecule has 1 atom stereocenters. The first kappa shape index (κ1) is 18.6. The Morgan fingerprint density at radius 1 is 1.21 bits per heavy atom. The number of para-hydroxylation sites is 2. The van der Waals surface area contributed by atoms with Crippen LogP contribution in [0.2, 0.25) is 10.0 Å². The SMILES string of the molecule is COc1ccccc1NC(=O)C(C)N(C)Cc1cccc(Cl)c1Cl. The number of hydrogen-bond acceptors (Lipinski definition) is 3. The van der Waals surface area contributed by atoms with Crippen molar-refractivity contribution in [3.05, 3.63) is 58.1 Å². The number of halogens is 2. The maximum atomic E-state index is 12.5. The molecule has 4 nitrogen and oxygen atoms in total. The van der Waals surface area contributed by atoms with Crippen LogP contribution in [-0.4, -0.2) is 31.0 Å². The first-order valence-corrected chi connectivity index (χ1v) is 8.26. The monoisotopic (exact) mass is 366 g/mol. The summed E-state index contributed by atoms with van der Waals surface area (Å²) >= 11 is 12.3. The van der Waals surface area contributed by atoms with E-state index in [2.05, 4.69) is 5.32 Å². The molecule has 0 saturated heterocycles. The highest BCUT2D eigenvalue weighted by molar-refractivity contribution is 6.42. The van der Waals surface area contributed by atoms with Gasteiger partial charge < -0.3 is 10.1 Å². The topological polar surface area (TPSA) is 41.6 Å². The fourth-order valence-electron chi connectivity index (χ4n) is 2.26. The van der Waals surface area contributed by atoms with E-state index in [-0.39, 0.29) is 11.9 Å². The number of benzene rings is 2. The molecule has 0 aliphatic heterocycles. The third kappa shape index (κ3) is 4.41. The first-order chi connectivity index (χ1) is 11.4. The number of amides is 1. The Labute approximate surface area is 152 Å². The molecule has 24 heavy (non-hydrogen) atoms. The van der Waals surface area contributed by atoms with Gasteiger partial charge in [-0.1, -0.05) is 47.5 Å². The summed E-state index contributed by atoms with van der Waals surface area (Å²) in [6, 6.07) is 12.4. The second-order valence-electron chi connectivity index (χ2n) is 5.49. The maximum Gasteiger partial charge on any atom is 0.241 e. The summed E-state index contributed by atoms with van der Waals surface area (Å²) in [5.41, 5.74) is 1.52. The number of nitrogens with one attached hydrogen (secondary N) is 1. The van der Waals surface area contributed by atoms with E-state index < -0.39 is 0 Å². The smallest absolute Gasteiger partial charge is 0.241 e. The molecule has 0 radical (unpaired) electrons. The Balaban J connectivity index is 2.05. The second-order valence-corrected chi connectivity index (χ2v) is 6.28. The molecule has 0 aliphatic carbocycles. The normalized spacial score (nSPS) is 12.1. The zero-order valence-electron chi connectivity index (χ0n) is 13.8. The van der Waals surface area contributed by atoms with Gasteiger partial charge in [0.25, 0.3) is 0 Å².